The molecule has 0 saturated carbocycles. The Kier molecular flexibility index (Phi) is 6.78. The molecule has 1 aromatic rings. The summed E-state index contributed by atoms with van der Waals surface area (Å²) in [5.74, 6) is -0.855. The molecule has 2 aliphatic heterocycles. The van der Waals surface area contributed by atoms with Crippen molar-refractivity contribution in [1.82, 2.24) is 9.80 Å². The first-order valence-corrected chi connectivity index (χ1v) is 10.3. The number of nitrogens with zero attached hydrogens (tertiary/aromatic N) is 3. The highest BCUT2D eigenvalue weighted by atomic mass is 19.1. The zero-order valence-electron chi connectivity index (χ0n) is 17.4. The van der Waals surface area contributed by atoms with Crippen molar-refractivity contribution >= 4 is 5.69 Å². The minimum Gasteiger partial charge on any atom is -0.492 e. The number of halogens is 2. The lowest BCUT2D eigenvalue weighted by atomic mass is 10.0. The second-order valence-electron chi connectivity index (χ2n) is 8.91. The van der Waals surface area contributed by atoms with Crippen molar-refractivity contribution < 1.29 is 13.5 Å². The van der Waals surface area contributed by atoms with Crippen LogP contribution in [0, 0.1) is 11.6 Å². The molecule has 5 nitrogen and oxygen atoms in total. The van der Waals surface area contributed by atoms with E-state index < -0.39 is 11.6 Å². The van der Waals surface area contributed by atoms with Crippen molar-refractivity contribution in [3.8, 4) is 5.75 Å². The third-order valence-electron chi connectivity index (χ3n) is 5.84. The van der Waals surface area contributed by atoms with E-state index in [-0.39, 0.29) is 23.0 Å². The van der Waals surface area contributed by atoms with Gasteiger partial charge in [-0.1, -0.05) is 0 Å². The van der Waals surface area contributed by atoms with Gasteiger partial charge in [0.15, 0.2) is 11.6 Å². The van der Waals surface area contributed by atoms with Crippen LogP contribution in [0.3, 0.4) is 0 Å². The molecule has 0 radical (unpaired) electrons. The number of hydrogen-bond acceptors (Lipinski definition) is 5. The Morgan fingerprint density at radius 1 is 1.00 bits per heavy atom. The number of rotatable bonds is 5. The topological polar surface area (TPSA) is 45.0 Å². The van der Waals surface area contributed by atoms with E-state index in [0.29, 0.717) is 19.7 Å². The molecule has 0 amide bonds. The Bertz CT molecular complexity index is 625. The molecule has 3 rings (SSSR count). The zero-order valence-corrected chi connectivity index (χ0v) is 17.4. The van der Waals surface area contributed by atoms with Crippen molar-refractivity contribution in [1.29, 1.82) is 0 Å². The van der Waals surface area contributed by atoms with E-state index in [1.807, 2.05) is 0 Å². The van der Waals surface area contributed by atoms with E-state index in [1.165, 1.54) is 12.1 Å². The number of piperazine rings is 1. The van der Waals surface area contributed by atoms with Crippen LogP contribution in [-0.2, 0) is 0 Å². The standard InChI is InChI=1S/C21H34F2N4O/c1-21(2,3)27-10-8-26(9-11-27)20-18(22)14-17(15-19(20)23)28-13-12-25-6-4-16(24)5-7-25/h14-16H,4-13,24H2,1-3H3. The number of likely N-dealkylation sites (tertiary alicyclic amines) is 1. The fraction of sp³-hybridized carbons (Fsp3) is 0.714. The van der Waals surface area contributed by atoms with Gasteiger partial charge in [0.05, 0.1) is 0 Å². The summed E-state index contributed by atoms with van der Waals surface area (Å²) in [7, 11) is 0. The molecule has 2 N–H and O–H groups in total. The summed E-state index contributed by atoms with van der Waals surface area (Å²) < 4.78 is 34.9. The van der Waals surface area contributed by atoms with Crippen LogP contribution in [0.15, 0.2) is 12.1 Å². The average molecular weight is 397 g/mol. The molecule has 2 fully saturated rings. The van der Waals surface area contributed by atoms with Crippen molar-refractivity contribution in [3.63, 3.8) is 0 Å². The largest absolute Gasteiger partial charge is 0.492 e. The summed E-state index contributed by atoms with van der Waals surface area (Å²) in [6.07, 6.45) is 1.97. The van der Waals surface area contributed by atoms with Crippen LogP contribution in [0.5, 0.6) is 5.75 Å². The maximum Gasteiger partial charge on any atom is 0.153 e. The van der Waals surface area contributed by atoms with E-state index in [2.05, 4.69) is 30.6 Å². The lowest BCUT2D eigenvalue weighted by molar-refractivity contribution is 0.128. The molecule has 7 heteroatoms. The number of ether oxygens (including phenoxy) is 1. The van der Waals surface area contributed by atoms with Gasteiger partial charge in [-0.3, -0.25) is 9.80 Å². The molecule has 0 aromatic heterocycles. The summed E-state index contributed by atoms with van der Waals surface area (Å²) in [4.78, 5) is 6.41. The number of anilines is 1. The van der Waals surface area contributed by atoms with E-state index in [0.717, 1.165) is 45.6 Å². The molecule has 0 spiro atoms. The van der Waals surface area contributed by atoms with E-state index >= 15 is 0 Å². The summed E-state index contributed by atoms with van der Waals surface area (Å²) in [5.41, 5.74) is 6.04. The quantitative estimate of drug-likeness (QED) is 0.829. The number of hydrogen-bond donors (Lipinski definition) is 1. The van der Waals surface area contributed by atoms with Gasteiger partial charge in [-0.05, 0) is 46.7 Å². The third-order valence-corrected chi connectivity index (χ3v) is 5.84. The van der Waals surface area contributed by atoms with Crippen molar-refractivity contribution in [2.75, 3.05) is 57.3 Å². The van der Waals surface area contributed by atoms with Gasteiger partial charge in [-0.25, -0.2) is 8.78 Å². The number of benzene rings is 1. The molecule has 28 heavy (non-hydrogen) atoms. The summed E-state index contributed by atoms with van der Waals surface area (Å²) in [5, 5.41) is 0. The number of piperidine rings is 1. The SMILES string of the molecule is CC(C)(C)N1CCN(c2c(F)cc(OCCN3CCC(N)CC3)cc2F)CC1. The number of nitrogens with two attached hydrogens (primary N) is 1. The first-order valence-electron chi connectivity index (χ1n) is 10.3. The minimum absolute atomic E-state index is 0.0610. The average Bonchev–Trinajstić information content (AvgIpc) is 2.62. The first kappa shape index (κ1) is 21.3. The molecular weight excluding hydrogens is 362 g/mol. The molecular formula is C21H34F2N4O. The van der Waals surface area contributed by atoms with Crippen LogP contribution >= 0.6 is 0 Å². The summed E-state index contributed by atoms with van der Waals surface area (Å²) in [6.45, 7) is 12.4. The van der Waals surface area contributed by atoms with Gasteiger partial charge in [0.25, 0.3) is 0 Å². The Morgan fingerprint density at radius 3 is 2.11 bits per heavy atom. The predicted molar refractivity (Wildman–Crippen MR) is 109 cm³/mol. The molecule has 0 aliphatic carbocycles. The fourth-order valence-corrected chi connectivity index (χ4v) is 4.00. The van der Waals surface area contributed by atoms with E-state index in [1.54, 1.807) is 4.90 Å². The lowest BCUT2D eigenvalue weighted by Crippen LogP contribution is -2.53. The van der Waals surface area contributed by atoms with Crippen LogP contribution in [0.25, 0.3) is 0 Å². The fourth-order valence-electron chi connectivity index (χ4n) is 4.00. The molecule has 0 atom stereocenters. The van der Waals surface area contributed by atoms with Gasteiger partial charge in [-0.2, -0.15) is 0 Å². The van der Waals surface area contributed by atoms with Gasteiger partial charge >= 0.3 is 0 Å². The molecule has 2 heterocycles. The zero-order chi connectivity index (χ0) is 20.3. The van der Waals surface area contributed by atoms with Crippen LogP contribution in [-0.4, -0.2) is 73.8 Å². The molecule has 0 bridgehead atoms. The summed E-state index contributed by atoms with van der Waals surface area (Å²) >= 11 is 0. The van der Waals surface area contributed by atoms with Gasteiger partial charge in [0, 0.05) is 56.4 Å². The highest BCUT2D eigenvalue weighted by Gasteiger charge is 2.28. The Labute approximate surface area is 167 Å². The van der Waals surface area contributed by atoms with Gasteiger partial charge in [0.2, 0.25) is 0 Å². The minimum atomic E-state index is -0.553. The van der Waals surface area contributed by atoms with Crippen LogP contribution in [0.1, 0.15) is 33.6 Å². The monoisotopic (exact) mass is 396 g/mol. The van der Waals surface area contributed by atoms with Gasteiger partial charge < -0.3 is 15.4 Å². The van der Waals surface area contributed by atoms with Crippen LogP contribution in [0.4, 0.5) is 14.5 Å². The normalized spacial score (nSPS) is 20.6. The first-order chi connectivity index (χ1) is 13.2. The van der Waals surface area contributed by atoms with Crippen LogP contribution in [0.2, 0.25) is 0 Å². The molecule has 2 saturated heterocycles. The Hall–Kier alpha value is -1.44. The lowest BCUT2D eigenvalue weighted by Gasteiger charge is -2.43. The van der Waals surface area contributed by atoms with Crippen molar-refractivity contribution in [3.05, 3.63) is 23.8 Å². The van der Waals surface area contributed by atoms with Crippen LogP contribution < -0.4 is 15.4 Å². The summed E-state index contributed by atoms with van der Waals surface area (Å²) in [6, 6.07) is 2.90. The molecule has 0 unspecified atom stereocenters. The highest BCUT2D eigenvalue weighted by Crippen LogP contribution is 2.30. The van der Waals surface area contributed by atoms with Gasteiger partial charge in [0.1, 0.15) is 18.0 Å². The Morgan fingerprint density at radius 2 is 1.57 bits per heavy atom. The van der Waals surface area contributed by atoms with Gasteiger partial charge in [-0.15, -0.1) is 0 Å². The second kappa shape index (κ2) is 8.93. The smallest absolute Gasteiger partial charge is 0.153 e. The molecule has 2 aliphatic rings. The van der Waals surface area contributed by atoms with Crippen molar-refractivity contribution in [2.24, 2.45) is 5.73 Å². The maximum absolute atomic E-state index is 14.7. The van der Waals surface area contributed by atoms with Crippen molar-refractivity contribution in [2.45, 2.75) is 45.2 Å². The van der Waals surface area contributed by atoms with E-state index in [9.17, 15) is 8.78 Å². The third kappa shape index (κ3) is 5.33. The molecule has 158 valence electrons. The molecule has 1 aromatic carbocycles. The maximum atomic E-state index is 14.7. The Balaban J connectivity index is 1.54. The van der Waals surface area contributed by atoms with E-state index in [4.69, 9.17) is 10.5 Å². The predicted octanol–water partition coefficient (Wildman–Crippen LogP) is 2.69. The highest BCUT2D eigenvalue weighted by molar-refractivity contribution is 5.52. The second-order valence-corrected chi connectivity index (χ2v) is 8.91.